The highest BCUT2D eigenvalue weighted by molar-refractivity contribution is 6.30. The van der Waals surface area contributed by atoms with Gasteiger partial charge in [0.25, 0.3) is 0 Å². The minimum Gasteiger partial charge on any atom is -0.370 e. The van der Waals surface area contributed by atoms with Gasteiger partial charge in [-0.1, -0.05) is 37.1 Å². The maximum absolute atomic E-state index is 5.79. The SMILES string of the molecule is CCCCNC(N)=NCc1ccc(Cl)cc1. The number of nitrogens with zero attached hydrogens (tertiary/aromatic N) is 1. The fraction of sp³-hybridized carbons (Fsp3) is 0.417. The molecule has 0 aliphatic rings. The van der Waals surface area contributed by atoms with Crippen LogP contribution in [0.2, 0.25) is 5.02 Å². The zero-order valence-electron chi connectivity index (χ0n) is 9.54. The summed E-state index contributed by atoms with van der Waals surface area (Å²) >= 11 is 5.79. The van der Waals surface area contributed by atoms with E-state index in [1.807, 2.05) is 24.3 Å². The van der Waals surface area contributed by atoms with E-state index < -0.39 is 0 Å². The molecule has 1 aromatic carbocycles. The first-order chi connectivity index (χ1) is 7.72. The lowest BCUT2D eigenvalue weighted by Crippen LogP contribution is -2.32. The third kappa shape index (κ3) is 5.03. The first-order valence-electron chi connectivity index (χ1n) is 5.50. The molecule has 0 aliphatic carbocycles. The van der Waals surface area contributed by atoms with E-state index in [0.29, 0.717) is 12.5 Å². The molecule has 3 nitrogen and oxygen atoms in total. The number of unbranched alkanes of at least 4 members (excludes halogenated alkanes) is 1. The summed E-state index contributed by atoms with van der Waals surface area (Å²) in [6.07, 6.45) is 2.26. The van der Waals surface area contributed by atoms with Crippen LogP contribution in [-0.2, 0) is 6.54 Å². The Morgan fingerprint density at radius 3 is 2.69 bits per heavy atom. The van der Waals surface area contributed by atoms with Gasteiger partial charge in [0.05, 0.1) is 6.54 Å². The molecular weight excluding hydrogens is 222 g/mol. The highest BCUT2D eigenvalue weighted by atomic mass is 35.5. The molecule has 0 spiro atoms. The summed E-state index contributed by atoms with van der Waals surface area (Å²) < 4.78 is 0. The lowest BCUT2D eigenvalue weighted by atomic mass is 10.2. The first-order valence-corrected chi connectivity index (χ1v) is 5.88. The van der Waals surface area contributed by atoms with Crippen molar-refractivity contribution >= 4 is 17.6 Å². The van der Waals surface area contributed by atoms with Gasteiger partial charge in [-0.15, -0.1) is 0 Å². The number of guanidine groups is 1. The Balaban J connectivity index is 2.37. The average molecular weight is 240 g/mol. The van der Waals surface area contributed by atoms with Crippen LogP contribution < -0.4 is 11.1 Å². The molecule has 0 aliphatic heterocycles. The van der Waals surface area contributed by atoms with E-state index >= 15 is 0 Å². The minimum atomic E-state index is 0.503. The quantitative estimate of drug-likeness (QED) is 0.471. The van der Waals surface area contributed by atoms with Crippen LogP contribution >= 0.6 is 11.6 Å². The van der Waals surface area contributed by atoms with E-state index in [0.717, 1.165) is 30.0 Å². The molecule has 0 radical (unpaired) electrons. The van der Waals surface area contributed by atoms with Crippen LogP contribution in [0.25, 0.3) is 0 Å². The van der Waals surface area contributed by atoms with Crippen molar-refractivity contribution in [1.29, 1.82) is 0 Å². The highest BCUT2D eigenvalue weighted by Gasteiger charge is 1.93. The van der Waals surface area contributed by atoms with Crippen molar-refractivity contribution < 1.29 is 0 Å². The van der Waals surface area contributed by atoms with E-state index in [-0.39, 0.29) is 0 Å². The van der Waals surface area contributed by atoms with Gasteiger partial charge in [0.1, 0.15) is 0 Å². The number of halogens is 1. The Bertz CT molecular complexity index is 333. The maximum Gasteiger partial charge on any atom is 0.188 e. The summed E-state index contributed by atoms with van der Waals surface area (Å²) in [6, 6.07) is 7.61. The second kappa shape index (κ2) is 7.12. The molecule has 1 rings (SSSR count). The average Bonchev–Trinajstić information content (AvgIpc) is 2.29. The molecule has 3 N–H and O–H groups in total. The predicted octanol–water partition coefficient (Wildman–Crippen LogP) is 2.54. The van der Waals surface area contributed by atoms with Crippen LogP contribution in [0.15, 0.2) is 29.3 Å². The lowest BCUT2D eigenvalue weighted by molar-refractivity contribution is 0.748. The fourth-order valence-corrected chi connectivity index (χ4v) is 1.34. The molecule has 0 saturated carbocycles. The molecule has 0 atom stereocenters. The molecule has 4 heteroatoms. The van der Waals surface area contributed by atoms with Gasteiger partial charge in [0, 0.05) is 11.6 Å². The topological polar surface area (TPSA) is 50.4 Å². The molecule has 1 aromatic rings. The third-order valence-corrected chi connectivity index (χ3v) is 2.43. The van der Waals surface area contributed by atoms with Gasteiger partial charge in [0.15, 0.2) is 5.96 Å². The van der Waals surface area contributed by atoms with E-state index in [1.165, 1.54) is 0 Å². The molecule has 88 valence electrons. The number of aliphatic imine (C=N–C) groups is 1. The van der Waals surface area contributed by atoms with Crippen LogP contribution in [0.1, 0.15) is 25.3 Å². The Kier molecular flexibility index (Phi) is 5.72. The van der Waals surface area contributed by atoms with Gasteiger partial charge >= 0.3 is 0 Å². The van der Waals surface area contributed by atoms with E-state index in [1.54, 1.807) is 0 Å². The molecule has 0 fully saturated rings. The summed E-state index contributed by atoms with van der Waals surface area (Å²) in [6.45, 7) is 3.61. The van der Waals surface area contributed by atoms with Gasteiger partial charge in [-0.2, -0.15) is 0 Å². The number of nitrogens with two attached hydrogens (primary N) is 1. The molecule has 0 saturated heterocycles. The molecule has 0 unspecified atom stereocenters. The van der Waals surface area contributed by atoms with Gasteiger partial charge < -0.3 is 11.1 Å². The molecule has 16 heavy (non-hydrogen) atoms. The van der Waals surface area contributed by atoms with Crippen LogP contribution in [0.5, 0.6) is 0 Å². The zero-order valence-corrected chi connectivity index (χ0v) is 10.3. The summed E-state index contributed by atoms with van der Waals surface area (Å²) in [5.74, 6) is 0.503. The van der Waals surface area contributed by atoms with Gasteiger partial charge in [-0.25, -0.2) is 4.99 Å². The number of nitrogens with one attached hydrogen (secondary N) is 1. The molecule has 0 aromatic heterocycles. The van der Waals surface area contributed by atoms with Crippen molar-refractivity contribution in [1.82, 2.24) is 5.32 Å². The van der Waals surface area contributed by atoms with Gasteiger partial charge in [-0.05, 0) is 24.1 Å². The first kappa shape index (κ1) is 12.8. The Morgan fingerprint density at radius 1 is 1.38 bits per heavy atom. The molecule has 0 amide bonds. The second-order valence-corrected chi connectivity index (χ2v) is 4.04. The fourth-order valence-electron chi connectivity index (χ4n) is 1.22. The van der Waals surface area contributed by atoms with E-state index in [4.69, 9.17) is 17.3 Å². The minimum absolute atomic E-state index is 0.503. The Hall–Kier alpha value is -1.22. The van der Waals surface area contributed by atoms with Crippen molar-refractivity contribution in [3.63, 3.8) is 0 Å². The van der Waals surface area contributed by atoms with Crippen molar-refractivity contribution in [2.45, 2.75) is 26.3 Å². The normalized spacial score (nSPS) is 11.5. The van der Waals surface area contributed by atoms with Crippen LogP contribution in [-0.4, -0.2) is 12.5 Å². The van der Waals surface area contributed by atoms with E-state index in [9.17, 15) is 0 Å². The monoisotopic (exact) mass is 239 g/mol. The van der Waals surface area contributed by atoms with Crippen LogP contribution in [0.3, 0.4) is 0 Å². The standard InChI is InChI=1S/C12H18ClN3/c1-2-3-8-15-12(14)16-9-10-4-6-11(13)7-5-10/h4-7H,2-3,8-9H2,1H3,(H3,14,15,16). The third-order valence-electron chi connectivity index (χ3n) is 2.18. The van der Waals surface area contributed by atoms with E-state index in [2.05, 4.69) is 17.2 Å². The van der Waals surface area contributed by atoms with Crippen molar-refractivity contribution in [2.75, 3.05) is 6.54 Å². The largest absolute Gasteiger partial charge is 0.370 e. The second-order valence-electron chi connectivity index (χ2n) is 3.61. The van der Waals surface area contributed by atoms with Gasteiger partial charge in [-0.3, -0.25) is 0 Å². The van der Waals surface area contributed by atoms with Crippen LogP contribution in [0, 0.1) is 0 Å². The van der Waals surface area contributed by atoms with Gasteiger partial charge in [0.2, 0.25) is 0 Å². The van der Waals surface area contributed by atoms with Crippen LogP contribution in [0.4, 0.5) is 0 Å². The summed E-state index contributed by atoms with van der Waals surface area (Å²) in [4.78, 5) is 4.24. The summed E-state index contributed by atoms with van der Waals surface area (Å²) in [5.41, 5.74) is 6.81. The summed E-state index contributed by atoms with van der Waals surface area (Å²) in [7, 11) is 0. The predicted molar refractivity (Wildman–Crippen MR) is 69.7 cm³/mol. The number of benzene rings is 1. The Labute approximate surface area is 102 Å². The zero-order chi connectivity index (χ0) is 11.8. The number of hydrogen-bond donors (Lipinski definition) is 2. The maximum atomic E-state index is 5.79. The molecular formula is C12H18ClN3. The highest BCUT2D eigenvalue weighted by Crippen LogP contribution is 2.09. The lowest BCUT2D eigenvalue weighted by Gasteiger charge is -2.04. The number of hydrogen-bond acceptors (Lipinski definition) is 1. The number of rotatable bonds is 5. The van der Waals surface area contributed by atoms with Crippen molar-refractivity contribution in [2.24, 2.45) is 10.7 Å². The van der Waals surface area contributed by atoms with Crippen molar-refractivity contribution in [3.8, 4) is 0 Å². The molecule has 0 heterocycles. The molecule has 0 bridgehead atoms. The van der Waals surface area contributed by atoms with Crippen molar-refractivity contribution in [3.05, 3.63) is 34.9 Å². The Morgan fingerprint density at radius 2 is 2.06 bits per heavy atom. The summed E-state index contributed by atoms with van der Waals surface area (Å²) in [5, 5.41) is 3.80. The smallest absolute Gasteiger partial charge is 0.188 e.